The zero-order chi connectivity index (χ0) is 7.72. The van der Waals surface area contributed by atoms with Crippen LogP contribution in [0.2, 0.25) is 5.02 Å². The highest BCUT2D eigenvalue weighted by Crippen LogP contribution is 2.24. The van der Waals surface area contributed by atoms with Crippen molar-refractivity contribution in [2.24, 2.45) is 0 Å². The molecule has 0 nitrogen and oxygen atoms in total. The van der Waals surface area contributed by atoms with Crippen molar-refractivity contribution in [3.8, 4) is 0 Å². The van der Waals surface area contributed by atoms with E-state index in [1.54, 1.807) is 6.92 Å². The van der Waals surface area contributed by atoms with Gasteiger partial charge in [0.15, 0.2) is 0 Å². The molecule has 0 amide bonds. The van der Waals surface area contributed by atoms with Gasteiger partial charge in [-0.15, -0.1) is 12.6 Å². The molecule has 0 saturated heterocycles. The maximum absolute atomic E-state index is 12.5. The highest BCUT2D eigenvalue weighted by atomic mass is 35.5. The molecule has 0 aromatic heterocycles. The first-order valence-electron chi connectivity index (χ1n) is 2.76. The highest BCUT2D eigenvalue weighted by Gasteiger charge is 2.01. The summed E-state index contributed by atoms with van der Waals surface area (Å²) >= 11 is 9.66. The average Bonchev–Trinajstić information content (AvgIpc) is 1.82. The van der Waals surface area contributed by atoms with Crippen LogP contribution in [0.1, 0.15) is 5.56 Å². The van der Waals surface area contributed by atoms with Crippen molar-refractivity contribution < 1.29 is 4.39 Å². The van der Waals surface area contributed by atoms with Crippen LogP contribution in [0, 0.1) is 12.7 Å². The summed E-state index contributed by atoms with van der Waals surface area (Å²) in [6.07, 6.45) is 0. The predicted molar refractivity (Wildman–Crippen MR) is 43.4 cm³/mol. The molecule has 0 aliphatic rings. The lowest BCUT2D eigenvalue weighted by Crippen LogP contribution is -1.80. The first-order chi connectivity index (χ1) is 4.61. The van der Waals surface area contributed by atoms with E-state index in [0.717, 1.165) is 5.56 Å². The molecule has 0 aliphatic heterocycles. The minimum Gasteiger partial charge on any atom is -0.207 e. The number of rotatable bonds is 0. The van der Waals surface area contributed by atoms with Gasteiger partial charge in [0.2, 0.25) is 0 Å². The molecule has 0 N–H and O–H groups in total. The average molecular weight is 177 g/mol. The lowest BCUT2D eigenvalue weighted by Gasteiger charge is -1.99. The molecule has 0 saturated carbocycles. The highest BCUT2D eigenvalue weighted by molar-refractivity contribution is 7.80. The molecule has 0 radical (unpaired) electrons. The van der Waals surface area contributed by atoms with Crippen molar-refractivity contribution in [2.75, 3.05) is 0 Å². The summed E-state index contributed by atoms with van der Waals surface area (Å²) < 4.78 is 12.5. The summed E-state index contributed by atoms with van der Waals surface area (Å²) in [6, 6.07) is 2.64. The first kappa shape index (κ1) is 7.89. The molecule has 0 aliphatic carbocycles. The maximum Gasteiger partial charge on any atom is 0.125 e. The summed E-state index contributed by atoms with van der Waals surface area (Å²) in [5, 5.41) is 0.362. The summed E-state index contributed by atoms with van der Waals surface area (Å²) in [4.78, 5) is 0.642. The quantitative estimate of drug-likeness (QED) is 0.577. The van der Waals surface area contributed by atoms with Crippen LogP contribution >= 0.6 is 24.2 Å². The Kier molecular flexibility index (Phi) is 2.21. The number of halogens is 2. The largest absolute Gasteiger partial charge is 0.207 e. The topological polar surface area (TPSA) is 0 Å². The Hall–Kier alpha value is -0.210. The molecule has 1 rings (SSSR count). The third-order valence-corrected chi connectivity index (χ3v) is 2.24. The van der Waals surface area contributed by atoms with Gasteiger partial charge in [0.1, 0.15) is 5.82 Å². The number of aryl methyl sites for hydroxylation is 1. The lowest BCUT2D eigenvalue weighted by molar-refractivity contribution is 0.625. The summed E-state index contributed by atoms with van der Waals surface area (Å²) in [6.45, 7) is 1.76. The number of hydrogen-bond acceptors (Lipinski definition) is 1. The van der Waals surface area contributed by atoms with Gasteiger partial charge in [-0.1, -0.05) is 11.6 Å². The Morgan fingerprint density at radius 3 is 2.60 bits per heavy atom. The van der Waals surface area contributed by atoms with Gasteiger partial charge in [-0.2, -0.15) is 0 Å². The van der Waals surface area contributed by atoms with Crippen LogP contribution in [0.25, 0.3) is 0 Å². The Balaban J connectivity index is 3.31. The maximum atomic E-state index is 12.5. The molecule has 54 valence electrons. The van der Waals surface area contributed by atoms with E-state index in [1.807, 2.05) is 0 Å². The van der Waals surface area contributed by atoms with Gasteiger partial charge in [-0.05, 0) is 24.6 Å². The summed E-state index contributed by atoms with van der Waals surface area (Å²) in [7, 11) is 0. The SMILES string of the molecule is Cc1cc(F)cc(Cl)c1S. The molecule has 1 aromatic carbocycles. The van der Waals surface area contributed by atoms with Crippen LogP contribution in [0.3, 0.4) is 0 Å². The van der Waals surface area contributed by atoms with Gasteiger partial charge in [-0.25, -0.2) is 4.39 Å². The smallest absolute Gasteiger partial charge is 0.125 e. The Morgan fingerprint density at radius 1 is 1.50 bits per heavy atom. The second-order valence-corrected chi connectivity index (χ2v) is 2.91. The minimum absolute atomic E-state index is 0.319. The Labute approximate surface area is 69.4 Å². The second-order valence-electron chi connectivity index (χ2n) is 2.05. The third-order valence-electron chi connectivity index (χ3n) is 1.22. The van der Waals surface area contributed by atoms with Crippen LogP contribution in [0.5, 0.6) is 0 Å². The molecular formula is C7H6ClFS. The number of benzene rings is 1. The van der Waals surface area contributed by atoms with Crippen LogP contribution in [0.15, 0.2) is 17.0 Å². The van der Waals surface area contributed by atoms with Gasteiger partial charge >= 0.3 is 0 Å². The van der Waals surface area contributed by atoms with Crippen molar-refractivity contribution >= 4 is 24.2 Å². The second kappa shape index (κ2) is 2.81. The van der Waals surface area contributed by atoms with Crippen molar-refractivity contribution in [3.63, 3.8) is 0 Å². The number of hydrogen-bond donors (Lipinski definition) is 1. The first-order valence-corrected chi connectivity index (χ1v) is 3.58. The monoisotopic (exact) mass is 176 g/mol. The van der Waals surface area contributed by atoms with E-state index in [4.69, 9.17) is 11.6 Å². The van der Waals surface area contributed by atoms with E-state index in [1.165, 1.54) is 12.1 Å². The van der Waals surface area contributed by atoms with Crippen molar-refractivity contribution in [3.05, 3.63) is 28.5 Å². The van der Waals surface area contributed by atoms with Gasteiger partial charge in [-0.3, -0.25) is 0 Å². The molecule has 0 heterocycles. The standard InChI is InChI=1S/C7H6ClFS/c1-4-2-5(9)3-6(8)7(4)10/h2-3,10H,1H3. The van der Waals surface area contributed by atoms with Crippen LogP contribution < -0.4 is 0 Å². The molecule has 0 unspecified atom stereocenters. The molecule has 1 aromatic rings. The summed E-state index contributed by atoms with van der Waals surface area (Å²) in [5.41, 5.74) is 0.758. The Morgan fingerprint density at radius 2 is 2.10 bits per heavy atom. The van der Waals surface area contributed by atoms with Crippen LogP contribution in [-0.4, -0.2) is 0 Å². The molecule has 0 bridgehead atoms. The molecule has 0 spiro atoms. The van der Waals surface area contributed by atoms with E-state index in [0.29, 0.717) is 9.92 Å². The zero-order valence-corrected chi connectivity index (χ0v) is 7.01. The fourth-order valence-electron chi connectivity index (χ4n) is 0.695. The molecule has 3 heteroatoms. The molecule has 0 fully saturated rings. The Bertz CT molecular complexity index is 237. The molecule has 10 heavy (non-hydrogen) atoms. The van der Waals surface area contributed by atoms with Gasteiger partial charge < -0.3 is 0 Å². The van der Waals surface area contributed by atoms with E-state index in [2.05, 4.69) is 12.6 Å². The predicted octanol–water partition coefficient (Wildman–Crippen LogP) is 3.08. The van der Waals surface area contributed by atoms with E-state index in [-0.39, 0.29) is 5.82 Å². The van der Waals surface area contributed by atoms with Gasteiger partial charge in [0.25, 0.3) is 0 Å². The minimum atomic E-state index is -0.319. The zero-order valence-electron chi connectivity index (χ0n) is 5.36. The summed E-state index contributed by atoms with van der Waals surface area (Å²) in [5.74, 6) is -0.319. The normalized spacial score (nSPS) is 10.0. The van der Waals surface area contributed by atoms with Gasteiger partial charge in [0, 0.05) is 4.90 Å². The van der Waals surface area contributed by atoms with Crippen molar-refractivity contribution in [1.82, 2.24) is 0 Å². The fourth-order valence-corrected chi connectivity index (χ4v) is 1.08. The van der Waals surface area contributed by atoms with Crippen LogP contribution in [-0.2, 0) is 0 Å². The molecular weight excluding hydrogens is 171 g/mol. The van der Waals surface area contributed by atoms with Gasteiger partial charge in [0.05, 0.1) is 5.02 Å². The molecule has 0 atom stereocenters. The van der Waals surface area contributed by atoms with E-state index < -0.39 is 0 Å². The van der Waals surface area contributed by atoms with E-state index in [9.17, 15) is 4.39 Å². The van der Waals surface area contributed by atoms with Crippen LogP contribution in [0.4, 0.5) is 4.39 Å². The van der Waals surface area contributed by atoms with Crippen molar-refractivity contribution in [1.29, 1.82) is 0 Å². The fraction of sp³-hybridized carbons (Fsp3) is 0.143. The van der Waals surface area contributed by atoms with E-state index >= 15 is 0 Å². The third kappa shape index (κ3) is 1.44. The van der Waals surface area contributed by atoms with Crippen molar-refractivity contribution in [2.45, 2.75) is 11.8 Å². The lowest BCUT2D eigenvalue weighted by atomic mass is 10.2. The number of thiol groups is 1.